The topological polar surface area (TPSA) is 62.3 Å². The van der Waals surface area contributed by atoms with Crippen LogP contribution in [0.5, 0.6) is 11.5 Å². The zero-order valence-corrected chi connectivity index (χ0v) is 20.2. The Morgan fingerprint density at radius 3 is 2.29 bits per heavy atom. The number of ether oxygens (including phenoxy) is 2. The molecule has 2 atom stereocenters. The average Bonchev–Trinajstić information content (AvgIpc) is 2.86. The maximum atomic E-state index is 15.0. The molecule has 0 spiro atoms. The highest BCUT2D eigenvalue weighted by molar-refractivity contribution is 6.02. The fraction of sp³-hybridized carbons (Fsp3) is 0.462. The Balaban J connectivity index is 1.82. The normalized spacial score (nSPS) is 20.8. The number of benzene rings is 2. The second kappa shape index (κ2) is 10.0. The summed E-state index contributed by atoms with van der Waals surface area (Å²) in [6, 6.07) is 8.88. The van der Waals surface area contributed by atoms with Crippen LogP contribution in [0.1, 0.15) is 46.8 Å². The molecular weight excluding hydrogens is 437 g/mol. The van der Waals surface area contributed by atoms with E-state index in [1.54, 1.807) is 37.4 Å². The lowest BCUT2D eigenvalue weighted by molar-refractivity contribution is -0.136. The number of carbonyl (C=O) groups is 2. The number of piperazine rings is 1. The molecule has 0 aliphatic carbocycles. The number of likely N-dealkylation sites (N-methyl/N-ethyl adjacent to an activating group) is 1. The molecule has 2 aliphatic heterocycles. The second-order valence-electron chi connectivity index (χ2n) is 8.82. The molecule has 182 valence electrons. The Kier molecular flexibility index (Phi) is 7.07. The van der Waals surface area contributed by atoms with E-state index >= 15 is 4.39 Å². The summed E-state index contributed by atoms with van der Waals surface area (Å²) in [5.41, 5.74) is 1.23. The van der Waals surface area contributed by atoms with Gasteiger partial charge in [0.2, 0.25) is 5.91 Å². The van der Waals surface area contributed by atoms with Crippen LogP contribution in [0.4, 0.5) is 4.39 Å². The fourth-order valence-corrected chi connectivity index (χ4v) is 5.12. The molecular formula is C26H32FN3O4. The number of halogens is 1. The highest BCUT2D eigenvalue weighted by Gasteiger charge is 2.46. The number of carbonyl (C=O) groups excluding carboxylic acids is 2. The number of hydrogen-bond acceptors (Lipinski definition) is 5. The summed E-state index contributed by atoms with van der Waals surface area (Å²) < 4.78 is 25.9. The molecule has 0 saturated carbocycles. The third-order valence-corrected chi connectivity index (χ3v) is 6.89. The standard InChI is InChI=1S/C26H32FN3O4/c1-5-10-29-11-13-30(14-12-29)26(32)23-18-15-21(33-3)22(34-4)16-19(18)25(31)28(2)24(23)17-8-6-7-9-20(17)27/h6-9,15-16,23-24H,5,10-14H2,1-4H3/t23-,24-/m0/s1. The van der Waals surface area contributed by atoms with E-state index in [9.17, 15) is 9.59 Å². The van der Waals surface area contributed by atoms with Crippen LogP contribution in [0.3, 0.4) is 0 Å². The van der Waals surface area contributed by atoms with Crippen molar-refractivity contribution in [2.24, 2.45) is 0 Å². The van der Waals surface area contributed by atoms with E-state index in [1.807, 2.05) is 4.90 Å². The lowest BCUT2D eigenvalue weighted by Gasteiger charge is -2.43. The number of fused-ring (bicyclic) bond motifs is 1. The predicted octanol–water partition coefficient (Wildman–Crippen LogP) is 3.31. The zero-order valence-electron chi connectivity index (χ0n) is 20.2. The molecule has 8 heteroatoms. The Hall–Kier alpha value is -3.13. The summed E-state index contributed by atoms with van der Waals surface area (Å²) >= 11 is 0. The highest BCUT2D eigenvalue weighted by atomic mass is 19.1. The van der Waals surface area contributed by atoms with Gasteiger partial charge in [0.05, 0.1) is 26.2 Å². The molecule has 7 nitrogen and oxygen atoms in total. The summed E-state index contributed by atoms with van der Waals surface area (Å²) in [6.07, 6.45) is 1.06. The monoisotopic (exact) mass is 469 g/mol. The summed E-state index contributed by atoms with van der Waals surface area (Å²) in [5.74, 6) is -0.782. The molecule has 0 aromatic heterocycles. The fourth-order valence-electron chi connectivity index (χ4n) is 5.12. The van der Waals surface area contributed by atoms with Crippen molar-refractivity contribution in [2.45, 2.75) is 25.3 Å². The minimum Gasteiger partial charge on any atom is -0.493 e. The molecule has 0 bridgehead atoms. The molecule has 0 unspecified atom stereocenters. The van der Waals surface area contributed by atoms with Crippen LogP contribution in [-0.2, 0) is 4.79 Å². The molecule has 2 aromatic rings. The van der Waals surface area contributed by atoms with Gasteiger partial charge in [-0.05, 0) is 36.7 Å². The largest absolute Gasteiger partial charge is 0.493 e. The number of methoxy groups -OCH3 is 2. The SMILES string of the molecule is CCCN1CCN(C(=O)[C@H]2c3cc(OC)c(OC)cc3C(=O)N(C)[C@H]2c2ccccc2F)CC1. The van der Waals surface area contributed by atoms with E-state index in [4.69, 9.17) is 9.47 Å². The van der Waals surface area contributed by atoms with E-state index in [0.29, 0.717) is 41.3 Å². The van der Waals surface area contributed by atoms with Crippen LogP contribution in [-0.4, -0.2) is 80.5 Å². The molecule has 2 aliphatic rings. The Bertz CT molecular complexity index is 1070. The first-order valence-electron chi connectivity index (χ1n) is 11.7. The molecule has 2 heterocycles. The molecule has 2 aromatic carbocycles. The lowest BCUT2D eigenvalue weighted by atomic mass is 9.78. The van der Waals surface area contributed by atoms with Gasteiger partial charge in [-0.25, -0.2) is 4.39 Å². The summed E-state index contributed by atoms with van der Waals surface area (Å²) in [7, 11) is 4.64. The van der Waals surface area contributed by atoms with E-state index < -0.39 is 17.8 Å². The van der Waals surface area contributed by atoms with E-state index in [1.165, 1.54) is 25.2 Å². The lowest BCUT2D eigenvalue weighted by Crippen LogP contribution is -2.53. The van der Waals surface area contributed by atoms with E-state index in [2.05, 4.69) is 11.8 Å². The van der Waals surface area contributed by atoms with Gasteiger partial charge in [-0.3, -0.25) is 14.5 Å². The van der Waals surface area contributed by atoms with Crippen molar-refractivity contribution in [3.8, 4) is 11.5 Å². The Morgan fingerprint density at radius 2 is 1.68 bits per heavy atom. The highest BCUT2D eigenvalue weighted by Crippen LogP contribution is 2.46. The smallest absolute Gasteiger partial charge is 0.254 e. The van der Waals surface area contributed by atoms with Crippen LogP contribution in [0.15, 0.2) is 36.4 Å². The zero-order chi connectivity index (χ0) is 24.4. The van der Waals surface area contributed by atoms with Gasteiger partial charge >= 0.3 is 0 Å². The van der Waals surface area contributed by atoms with Crippen molar-refractivity contribution in [1.82, 2.24) is 14.7 Å². The van der Waals surface area contributed by atoms with Gasteiger partial charge < -0.3 is 19.3 Å². The molecule has 2 amide bonds. The second-order valence-corrected chi connectivity index (χ2v) is 8.82. The molecule has 0 N–H and O–H groups in total. The average molecular weight is 470 g/mol. The third kappa shape index (κ3) is 4.22. The van der Waals surface area contributed by atoms with Gasteiger partial charge in [0.25, 0.3) is 5.91 Å². The van der Waals surface area contributed by atoms with E-state index in [-0.39, 0.29) is 11.8 Å². The Labute approximate surface area is 200 Å². The summed E-state index contributed by atoms with van der Waals surface area (Å²) in [4.78, 5) is 33.1. The van der Waals surface area contributed by atoms with Crippen LogP contribution in [0.2, 0.25) is 0 Å². The van der Waals surface area contributed by atoms with Gasteiger partial charge in [0, 0.05) is 44.4 Å². The summed E-state index contributed by atoms with van der Waals surface area (Å²) in [6.45, 7) is 5.93. The van der Waals surface area contributed by atoms with Crippen LogP contribution in [0.25, 0.3) is 0 Å². The van der Waals surface area contributed by atoms with E-state index in [0.717, 1.165) is 26.1 Å². The summed E-state index contributed by atoms with van der Waals surface area (Å²) in [5, 5.41) is 0. The molecule has 1 saturated heterocycles. The minimum absolute atomic E-state index is 0.114. The first-order valence-corrected chi connectivity index (χ1v) is 11.7. The quantitative estimate of drug-likeness (QED) is 0.650. The van der Waals surface area contributed by atoms with Crippen LogP contribution >= 0.6 is 0 Å². The van der Waals surface area contributed by atoms with Gasteiger partial charge in [-0.2, -0.15) is 0 Å². The van der Waals surface area contributed by atoms with Gasteiger partial charge in [0.15, 0.2) is 11.5 Å². The molecule has 34 heavy (non-hydrogen) atoms. The van der Waals surface area contributed by atoms with Gasteiger partial charge in [0.1, 0.15) is 5.82 Å². The van der Waals surface area contributed by atoms with Crippen molar-refractivity contribution in [1.29, 1.82) is 0 Å². The van der Waals surface area contributed by atoms with Crippen LogP contribution in [0, 0.1) is 5.82 Å². The predicted molar refractivity (Wildman–Crippen MR) is 127 cm³/mol. The first kappa shape index (κ1) is 24.0. The number of hydrogen-bond donors (Lipinski definition) is 0. The van der Waals surface area contributed by atoms with Crippen molar-refractivity contribution in [2.75, 3.05) is 54.0 Å². The Morgan fingerprint density at radius 1 is 1.03 bits per heavy atom. The molecule has 1 fully saturated rings. The van der Waals surface area contributed by atoms with Crippen LogP contribution < -0.4 is 9.47 Å². The maximum absolute atomic E-state index is 15.0. The maximum Gasteiger partial charge on any atom is 0.254 e. The molecule has 0 radical (unpaired) electrons. The van der Waals surface area contributed by atoms with Crippen molar-refractivity contribution >= 4 is 11.8 Å². The van der Waals surface area contributed by atoms with Gasteiger partial charge in [-0.1, -0.05) is 25.1 Å². The number of nitrogens with zero attached hydrogens (tertiary/aromatic N) is 3. The number of amides is 2. The molecule has 4 rings (SSSR count). The number of rotatable bonds is 6. The van der Waals surface area contributed by atoms with Crippen molar-refractivity contribution in [3.63, 3.8) is 0 Å². The minimum atomic E-state index is -0.777. The van der Waals surface area contributed by atoms with Crippen molar-refractivity contribution in [3.05, 3.63) is 58.9 Å². The third-order valence-electron chi connectivity index (χ3n) is 6.89. The van der Waals surface area contributed by atoms with Crippen molar-refractivity contribution < 1.29 is 23.5 Å². The van der Waals surface area contributed by atoms with Gasteiger partial charge in [-0.15, -0.1) is 0 Å². The first-order chi connectivity index (χ1) is 16.4.